The molecule has 0 spiro atoms. The minimum atomic E-state index is -4.41. The molecule has 1 amide bonds. The molecule has 41 heavy (non-hydrogen) atoms. The van der Waals surface area contributed by atoms with Crippen molar-refractivity contribution < 1.29 is 22.8 Å². The Hall–Kier alpha value is -3.44. The zero-order valence-corrected chi connectivity index (χ0v) is 24.4. The van der Waals surface area contributed by atoms with Crippen LogP contribution in [0.5, 0.6) is 0 Å². The molecular formula is C30H39F3N6O2. The van der Waals surface area contributed by atoms with Crippen molar-refractivity contribution in [2.45, 2.75) is 52.3 Å². The number of unbranched alkanes of at least 4 members (excludes halogenated alkanes) is 1. The van der Waals surface area contributed by atoms with E-state index < -0.39 is 17.8 Å². The average Bonchev–Trinajstić information content (AvgIpc) is 2.95. The van der Waals surface area contributed by atoms with Gasteiger partial charge in [0, 0.05) is 56.1 Å². The molecular weight excluding hydrogens is 533 g/mol. The van der Waals surface area contributed by atoms with Gasteiger partial charge in [-0.3, -0.25) is 14.5 Å². The first-order chi connectivity index (χ1) is 19.5. The summed E-state index contributed by atoms with van der Waals surface area (Å²) in [6.07, 6.45) is -2.15. The predicted octanol–water partition coefficient (Wildman–Crippen LogP) is 5.75. The first-order valence-electron chi connectivity index (χ1n) is 14.0. The first kappa shape index (κ1) is 30.5. The van der Waals surface area contributed by atoms with Crippen LogP contribution in [0.15, 0.2) is 36.4 Å². The summed E-state index contributed by atoms with van der Waals surface area (Å²) in [5, 5.41) is 15.1. The van der Waals surface area contributed by atoms with Crippen LogP contribution in [-0.4, -0.2) is 72.9 Å². The fourth-order valence-corrected chi connectivity index (χ4v) is 5.39. The van der Waals surface area contributed by atoms with Gasteiger partial charge >= 0.3 is 6.18 Å². The highest BCUT2D eigenvalue weighted by Gasteiger charge is 2.33. The van der Waals surface area contributed by atoms with Crippen LogP contribution in [0.2, 0.25) is 0 Å². The van der Waals surface area contributed by atoms with Crippen LogP contribution in [0, 0.1) is 13.8 Å². The van der Waals surface area contributed by atoms with Crippen LogP contribution in [0.1, 0.15) is 54.6 Å². The van der Waals surface area contributed by atoms with Crippen molar-refractivity contribution in [3.8, 4) is 0 Å². The number of alkyl halides is 3. The van der Waals surface area contributed by atoms with E-state index in [0.717, 1.165) is 73.8 Å². The molecule has 1 unspecified atom stereocenters. The van der Waals surface area contributed by atoms with Crippen LogP contribution < -0.4 is 10.2 Å². The number of aryl methyl sites for hydroxylation is 1. The molecule has 0 radical (unpaired) electrons. The molecule has 1 aliphatic heterocycles. The Morgan fingerprint density at radius 1 is 1.07 bits per heavy atom. The summed E-state index contributed by atoms with van der Waals surface area (Å²) in [6, 6.07) is 10.1. The van der Waals surface area contributed by atoms with E-state index in [2.05, 4.69) is 37.4 Å². The number of hydrogen-bond donors (Lipinski definition) is 1. The highest BCUT2D eigenvalue weighted by molar-refractivity contribution is 5.95. The van der Waals surface area contributed by atoms with Gasteiger partial charge in [-0.25, -0.2) is 5.06 Å². The Kier molecular flexibility index (Phi) is 9.70. The maximum absolute atomic E-state index is 13.5. The van der Waals surface area contributed by atoms with E-state index in [1.54, 1.807) is 13.1 Å². The lowest BCUT2D eigenvalue weighted by atomic mass is 9.97. The predicted molar refractivity (Wildman–Crippen MR) is 155 cm³/mol. The maximum Gasteiger partial charge on any atom is 0.416 e. The standard InChI is InChI=1S/C30H39F3N6O2/c1-20-24(9-8-10-27(20)30(31,32)33)21(2)34-29-26-19-23(12-13-25(26)22(3)35-36-29)39-17-15-38(16-18-39)14-7-6-11-28(40)37(4)41-5/h8-10,12-13,19,21H,6-7,11,14-18H2,1-5H3,(H,34,36). The van der Waals surface area contributed by atoms with Gasteiger partial charge in [0.05, 0.1) is 24.4 Å². The van der Waals surface area contributed by atoms with Crippen molar-refractivity contribution >= 4 is 28.2 Å². The van der Waals surface area contributed by atoms with Crippen molar-refractivity contribution in [2.24, 2.45) is 0 Å². The van der Waals surface area contributed by atoms with E-state index in [9.17, 15) is 18.0 Å². The Labute approximate surface area is 239 Å². The topological polar surface area (TPSA) is 73.8 Å². The van der Waals surface area contributed by atoms with Crippen molar-refractivity contribution in [2.75, 3.05) is 57.1 Å². The number of carbonyl (C=O) groups is 1. The quantitative estimate of drug-likeness (QED) is 0.245. The SMILES string of the molecule is CON(C)C(=O)CCCCN1CCN(c2ccc3c(C)nnc(NC(C)c4cccc(C(F)(F)F)c4C)c3c2)CC1. The van der Waals surface area contributed by atoms with E-state index in [-0.39, 0.29) is 11.5 Å². The van der Waals surface area contributed by atoms with E-state index in [4.69, 9.17) is 4.84 Å². The number of benzene rings is 2. The Morgan fingerprint density at radius 2 is 1.80 bits per heavy atom. The maximum atomic E-state index is 13.5. The largest absolute Gasteiger partial charge is 0.416 e. The smallest absolute Gasteiger partial charge is 0.369 e. The van der Waals surface area contributed by atoms with Crippen molar-refractivity contribution in [3.63, 3.8) is 0 Å². The Morgan fingerprint density at radius 3 is 2.49 bits per heavy atom. The zero-order chi connectivity index (χ0) is 29.7. The summed E-state index contributed by atoms with van der Waals surface area (Å²) in [4.78, 5) is 21.6. The molecule has 222 valence electrons. The average molecular weight is 573 g/mol. The molecule has 4 rings (SSSR count). The third-order valence-electron chi connectivity index (χ3n) is 7.93. The summed E-state index contributed by atoms with van der Waals surface area (Å²) in [5.74, 6) is 0.533. The molecule has 11 heteroatoms. The monoisotopic (exact) mass is 572 g/mol. The van der Waals surface area contributed by atoms with Gasteiger partial charge < -0.3 is 10.2 Å². The van der Waals surface area contributed by atoms with E-state index in [1.807, 2.05) is 19.9 Å². The number of amides is 1. The van der Waals surface area contributed by atoms with Gasteiger partial charge in [0.25, 0.3) is 0 Å². The lowest BCUT2D eigenvalue weighted by Gasteiger charge is -2.36. The third-order valence-corrected chi connectivity index (χ3v) is 7.93. The molecule has 8 nitrogen and oxygen atoms in total. The number of fused-ring (bicyclic) bond motifs is 1. The number of anilines is 2. The van der Waals surface area contributed by atoms with Gasteiger partial charge in [-0.05, 0) is 69.5 Å². The van der Waals surface area contributed by atoms with Gasteiger partial charge in [-0.15, -0.1) is 5.10 Å². The number of nitrogens with zero attached hydrogens (tertiary/aromatic N) is 5. The molecule has 0 bridgehead atoms. The molecule has 1 aliphatic rings. The summed E-state index contributed by atoms with van der Waals surface area (Å²) < 4.78 is 40.5. The summed E-state index contributed by atoms with van der Waals surface area (Å²) in [5.41, 5.74) is 2.01. The summed E-state index contributed by atoms with van der Waals surface area (Å²) in [6.45, 7) is 9.79. The van der Waals surface area contributed by atoms with E-state index in [0.29, 0.717) is 17.8 Å². The van der Waals surface area contributed by atoms with Crippen LogP contribution >= 0.6 is 0 Å². The van der Waals surface area contributed by atoms with Crippen LogP contribution in [0.4, 0.5) is 24.7 Å². The van der Waals surface area contributed by atoms with E-state index >= 15 is 0 Å². The minimum absolute atomic E-state index is 0.0123. The summed E-state index contributed by atoms with van der Waals surface area (Å²) >= 11 is 0. The fraction of sp³-hybridized carbons (Fsp3) is 0.500. The minimum Gasteiger partial charge on any atom is -0.369 e. The first-order valence-corrected chi connectivity index (χ1v) is 14.0. The lowest BCUT2D eigenvalue weighted by Crippen LogP contribution is -2.46. The molecule has 1 N–H and O–H groups in total. The number of rotatable bonds is 10. The molecule has 2 heterocycles. The molecule has 0 aliphatic carbocycles. The van der Waals surface area contributed by atoms with Crippen LogP contribution in [-0.2, 0) is 15.8 Å². The van der Waals surface area contributed by atoms with Crippen LogP contribution in [0.25, 0.3) is 10.8 Å². The number of aromatic nitrogens is 2. The third kappa shape index (κ3) is 7.26. The second-order valence-electron chi connectivity index (χ2n) is 10.6. The van der Waals surface area contributed by atoms with Gasteiger partial charge in [-0.2, -0.15) is 18.3 Å². The second-order valence-corrected chi connectivity index (χ2v) is 10.6. The molecule has 0 saturated carbocycles. The zero-order valence-electron chi connectivity index (χ0n) is 24.4. The van der Waals surface area contributed by atoms with Gasteiger partial charge in [0.15, 0.2) is 5.82 Å². The number of nitrogens with one attached hydrogen (secondary N) is 1. The number of carbonyl (C=O) groups excluding carboxylic acids is 1. The van der Waals surface area contributed by atoms with Gasteiger partial charge in [-0.1, -0.05) is 18.2 Å². The Bertz CT molecular complexity index is 1360. The Balaban J connectivity index is 1.43. The molecule has 1 fully saturated rings. The van der Waals surface area contributed by atoms with Crippen molar-refractivity contribution in [1.82, 2.24) is 20.2 Å². The molecule has 1 atom stereocenters. The van der Waals surface area contributed by atoms with Crippen molar-refractivity contribution in [1.29, 1.82) is 0 Å². The van der Waals surface area contributed by atoms with Gasteiger partial charge in [0.2, 0.25) is 5.91 Å². The highest BCUT2D eigenvalue weighted by atomic mass is 19.4. The number of hydrogen-bond acceptors (Lipinski definition) is 7. The summed E-state index contributed by atoms with van der Waals surface area (Å²) in [7, 11) is 3.11. The number of piperazine rings is 1. The fourth-order valence-electron chi connectivity index (χ4n) is 5.39. The van der Waals surface area contributed by atoms with Crippen molar-refractivity contribution in [3.05, 3.63) is 58.8 Å². The highest BCUT2D eigenvalue weighted by Crippen LogP contribution is 2.36. The second kappa shape index (κ2) is 13.0. The normalized spacial score (nSPS) is 15.3. The number of halogens is 3. The van der Waals surface area contributed by atoms with Gasteiger partial charge in [0.1, 0.15) is 0 Å². The lowest BCUT2D eigenvalue weighted by molar-refractivity contribution is -0.168. The molecule has 2 aromatic carbocycles. The molecule has 3 aromatic rings. The van der Waals surface area contributed by atoms with E-state index in [1.165, 1.54) is 25.2 Å². The number of hydroxylamine groups is 2. The molecule has 1 saturated heterocycles. The van der Waals surface area contributed by atoms with Crippen LogP contribution in [0.3, 0.4) is 0 Å². The molecule has 1 aromatic heterocycles.